The highest BCUT2D eigenvalue weighted by molar-refractivity contribution is 6.30. The van der Waals surface area contributed by atoms with Crippen molar-refractivity contribution in [3.05, 3.63) is 64.1 Å². The molecule has 6 aliphatic rings. The summed E-state index contributed by atoms with van der Waals surface area (Å²) in [4.78, 5) is 7.93. The summed E-state index contributed by atoms with van der Waals surface area (Å²) in [5.74, 6) is 1.01. The second-order valence-corrected chi connectivity index (χ2v) is 13.9. The monoisotopic (exact) mass is 606 g/mol. The van der Waals surface area contributed by atoms with E-state index in [1.54, 1.807) is 0 Å². The highest BCUT2D eigenvalue weighted by Crippen LogP contribution is 3.00. The van der Waals surface area contributed by atoms with Crippen LogP contribution in [0.2, 0.25) is 5.02 Å². The Morgan fingerprint density at radius 3 is 2.45 bits per heavy atom. The quantitative estimate of drug-likeness (QED) is 0.314. The minimum atomic E-state index is -4.16. The van der Waals surface area contributed by atoms with E-state index in [2.05, 4.69) is 24.6 Å². The van der Waals surface area contributed by atoms with Gasteiger partial charge in [0.05, 0.1) is 17.6 Å². The topological polar surface area (TPSA) is 50.1 Å². The Labute approximate surface area is 241 Å². The first-order valence-electron chi connectivity index (χ1n) is 14.1. The minimum Gasteiger partial charge on any atom is -0.355 e. The fraction of sp³-hybridized carbons (Fsp3) is 0.552. The number of hydrogen-bond donors (Lipinski definition) is 0. The molecule has 3 unspecified atom stereocenters. The van der Waals surface area contributed by atoms with Crippen molar-refractivity contribution in [2.45, 2.75) is 69.3 Å². The van der Waals surface area contributed by atoms with Gasteiger partial charge in [0.1, 0.15) is 17.3 Å². The van der Waals surface area contributed by atoms with E-state index in [4.69, 9.17) is 11.6 Å². The number of rotatable bonds is 4. The molecule has 4 heterocycles. The van der Waals surface area contributed by atoms with E-state index in [0.717, 1.165) is 41.8 Å². The van der Waals surface area contributed by atoms with Crippen LogP contribution in [0, 0.1) is 22.1 Å². The first-order valence-corrected chi connectivity index (χ1v) is 14.5. The lowest BCUT2D eigenvalue weighted by molar-refractivity contribution is -0.220. The molecule has 4 saturated carbocycles. The molecular formula is C29H25ClF6N6. The molecule has 0 amide bonds. The van der Waals surface area contributed by atoms with Crippen LogP contribution in [0.25, 0.3) is 5.69 Å². The fourth-order valence-electron chi connectivity index (χ4n) is 9.34. The van der Waals surface area contributed by atoms with E-state index in [1.807, 2.05) is 23.1 Å². The molecule has 3 aromatic rings. The van der Waals surface area contributed by atoms with Crippen molar-refractivity contribution in [3.8, 4) is 5.69 Å². The van der Waals surface area contributed by atoms with Crippen LogP contribution < -0.4 is 4.90 Å². The highest BCUT2D eigenvalue weighted by atomic mass is 35.5. The smallest absolute Gasteiger partial charge is 0.355 e. The first-order chi connectivity index (χ1) is 19.9. The van der Waals surface area contributed by atoms with Gasteiger partial charge in [-0.2, -0.15) is 13.2 Å². The average Bonchev–Trinajstić information content (AvgIpc) is 3.57. The summed E-state index contributed by atoms with van der Waals surface area (Å²) in [5, 5.41) is 9.73. The van der Waals surface area contributed by atoms with Gasteiger partial charge in [-0.15, -0.1) is 10.2 Å². The fourth-order valence-corrected chi connectivity index (χ4v) is 9.54. The van der Waals surface area contributed by atoms with E-state index in [1.165, 1.54) is 6.07 Å². The van der Waals surface area contributed by atoms with Crippen LogP contribution in [0.1, 0.15) is 67.4 Å². The van der Waals surface area contributed by atoms with E-state index < -0.39 is 40.5 Å². The molecule has 42 heavy (non-hydrogen) atoms. The summed E-state index contributed by atoms with van der Waals surface area (Å²) in [6, 6.07) is 8.12. The second-order valence-electron chi connectivity index (χ2n) is 13.5. The Hall–Kier alpha value is -2.86. The zero-order chi connectivity index (χ0) is 29.0. The van der Waals surface area contributed by atoms with Gasteiger partial charge in [-0.1, -0.05) is 11.6 Å². The van der Waals surface area contributed by atoms with Crippen LogP contribution in [0.4, 0.5) is 32.2 Å². The van der Waals surface area contributed by atoms with E-state index in [-0.39, 0.29) is 24.2 Å². The normalized spacial score (nSPS) is 32.2. The Morgan fingerprint density at radius 2 is 1.76 bits per heavy atom. The third kappa shape index (κ3) is 3.00. The molecule has 2 aliphatic heterocycles. The molecule has 0 radical (unpaired) electrons. The molecule has 3 atom stereocenters. The minimum absolute atomic E-state index is 0.00407. The zero-order valence-electron chi connectivity index (χ0n) is 22.2. The predicted molar refractivity (Wildman–Crippen MR) is 139 cm³/mol. The van der Waals surface area contributed by atoms with Crippen LogP contribution >= 0.6 is 11.6 Å². The molecule has 4 aliphatic carbocycles. The molecule has 2 spiro atoms. The van der Waals surface area contributed by atoms with Crippen LogP contribution in [-0.4, -0.2) is 49.5 Å². The molecule has 6 nitrogen and oxygen atoms in total. The maximum atomic E-state index is 13.9. The van der Waals surface area contributed by atoms with E-state index in [9.17, 15) is 26.3 Å². The first kappa shape index (κ1) is 25.6. The third-order valence-corrected chi connectivity index (χ3v) is 11.6. The predicted octanol–water partition coefficient (Wildman–Crippen LogP) is 6.58. The Kier molecular flexibility index (Phi) is 4.64. The zero-order valence-corrected chi connectivity index (χ0v) is 23.0. The maximum absolute atomic E-state index is 13.9. The third-order valence-electron chi connectivity index (χ3n) is 11.4. The number of halogens is 7. The molecule has 1 aromatic carbocycles. The van der Waals surface area contributed by atoms with Crippen LogP contribution in [0.3, 0.4) is 0 Å². The number of alkyl halides is 5. The van der Waals surface area contributed by atoms with Gasteiger partial charge in [0.25, 0.3) is 6.43 Å². The SMILES string of the molecule is Fc1ccc(N2CC3(CC(c4nnc5n4-c4ccc(Cl)cc4CN(C46CC7(C(F)(F)F)CC47C6)C5)C3)C2)nc1C(F)F. The largest absolute Gasteiger partial charge is 0.395 e. The average molecular weight is 607 g/mol. The number of nitrogens with zero attached hydrogens (tertiary/aromatic N) is 6. The van der Waals surface area contributed by atoms with Gasteiger partial charge >= 0.3 is 6.18 Å². The van der Waals surface area contributed by atoms with E-state index >= 15 is 0 Å². The maximum Gasteiger partial charge on any atom is 0.395 e. The number of benzene rings is 1. The summed E-state index contributed by atoms with van der Waals surface area (Å²) in [6.07, 6.45) is -4.54. The molecule has 13 heteroatoms. The molecule has 5 fully saturated rings. The summed E-state index contributed by atoms with van der Waals surface area (Å²) in [7, 11) is 0. The van der Waals surface area contributed by atoms with Gasteiger partial charge in [-0.25, -0.2) is 18.2 Å². The van der Waals surface area contributed by atoms with Gasteiger partial charge < -0.3 is 4.90 Å². The summed E-state index contributed by atoms with van der Waals surface area (Å²) < 4.78 is 83.6. The number of aromatic nitrogens is 4. The number of fused-ring (bicyclic) bond motifs is 3. The Bertz CT molecular complexity index is 1680. The van der Waals surface area contributed by atoms with Crippen molar-refractivity contribution >= 4 is 17.4 Å². The standard InChI is InChI=1S/C29H25ClF6N6/c30-17-1-3-19-15(5-17)8-41(28-11-26(28)10-27(26,12-28)29(34,35)36)9-21-38-39-24(42(19)21)16-6-25(7-16)13-40(14-25)20-4-2-18(31)22(37-20)23(32)33/h1-5,16,23H,6-14H2. The Balaban J connectivity index is 0.968. The lowest BCUT2D eigenvalue weighted by Crippen LogP contribution is -2.62. The van der Waals surface area contributed by atoms with E-state index in [0.29, 0.717) is 43.4 Å². The summed E-state index contributed by atoms with van der Waals surface area (Å²) in [5.41, 5.74) is -1.59. The van der Waals surface area contributed by atoms with Crippen molar-refractivity contribution in [2.24, 2.45) is 16.2 Å². The van der Waals surface area contributed by atoms with Crippen molar-refractivity contribution in [1.29, 1.82) is 0 Å². The van der Waals surface area contributed by atoms with Crippen molar-refractivity contribution < 1.29 is 26.3 Å². The number of pyridine rings is 1. The van der Waals surface area contributed by atoms with Gasteiger partial charge in [-0.05, 0) is 68.0 Å². The van der Waals surface area contributed by atoms with Crippen LogP contribution in [0.15, 0.2) is 30.3 Å². The van der Waals surface area contributed by atoms with Crippen molar-refractivity contribution in [1.82, 2.24) is 24.6 Å². The molecule has 0 bridgehead atoms. The Morgan fingerprint density at radius 1 is 0.976 bits per heavy atom. The van der Waals surface area contributed by atoms with Gasteiger partial charge in [0.2, 0.25) is 0 Å². The molecule has 0 N–H and O–H groups in total. The van der Waals surface area contributed by atoms with Gasteiger partial charge in [0, 0.05) is 46.9 Å². The van der Waals surface area contributed by atoms with Gasteiger partial charge in [-0.3, -0.25) is 9.47 Å². The van der Waals surface area contributed by atoms with Crippen molar-refractivity contribution in [2.75, 3.05) is 18.0 Å². The second kappa shape index (κ2) is 7.61. The van der Waals surface area contributed by atoms with Crippen LogP contribution in [0.5, 0.6) is 0 Å². The number of hydrogen-bond acceptors (Lipinski definition) is 5. The van der Waals surface area contributed by atoms with Crippen LogP contribution in [-0.2, 0) is 13.1 Å². The van der Waals surface area contributed by atoms with Gasteiger partial charge in [0.15, 0.2) is 11.6 Å². The summed E-state index contributed by atoms with van der Waals surface area (Å²) >= 11 is 6.39. The lowest BCUT2D eigenvalue weighted by atomic mass is 9.57. The molecular weight excluding hydrogens is 582 g/mol. The molecule has 9 rings (SSSR count). The number of anilines is 1. The van der Waals surface area contributed by atoms with Crippen molar-refractivity contribution in [3.63, 3.8) is 0 Å². The molecule has 1 saturated heterocycles. The highest BCUT2D eigenvalue weighted by Gasteiger charge is 3.03. The molecule has 2 aromatic heterocycles. The summed E-state index contributed by atoms with van der Waals surface area (Å²) in [6.45, 7) is 2.20. The molecule has 220 valence electrons. The lowest BCUT2D eigenvalue weighted by Gasteiger charge is -2.59.